The molecule has 25 heavy (non-hydrogen) atoms. The first-order valence-corrected chi connectivity index (χ1v) is 8.06. The van der Waals surface area contributed by atoms with E-state index in [0.717, 1.165) is 0 Å². The van der Waals surface area contributed by atoms with E-state index < -0.39 is 12.1 Å². The maximum absolute atomic E-state index is 13.2. The van der Waals surface area contributed by atoms with Crippen molar-refractivity contribution in [2.75, 3.05) is 10.6 Å². The number of aryl methyl sites for hydroxylation is 1. The lowest BCUT2D eigenvalue weighted by atomic mass is 10.0. The molecule has 0 aromatic heterocycles. The van der Waals surface area contributed by atoms with Gasteiger partial charge in [-0.05, 0) is 48.7 Å². The van der Waals surface area contributed by atoms with Gasteiger partial charge in [-0.2, -0.15) is 0 Å². The predicted octanol–water partition coefficient (Wildman–Crippen LogP) is 3.92. The summed E-state index contributed by atoms with van der Waals surface area (Å²) in [6.45, 7) is 5.38. The van der Waals surface area contributed by atoms with Crippen LogP contribution < -0.4 is 16.0 Å². The summed E-state index contributed by atoms with van der Waals surface area (Å²) in [5.41, 5.74) is 1.77. The highest BCUT2D eigenvalue weighted by Gasteiger charge is 2.24. The van der Waals surface area contributed by atoms with Crippen LogP contribution in [0.1, 0.15) is 19.4 Å². The smallest absolute Gasteiger partial charge is 0.319 e. The molecule has 132 valence electrons. The normalized spacial score (nSPS) is 11.7. The van der Waals surface area contributed by atoms with E-state index in [1.54, 1.807) is 31.2 Å². The molecule has 2 aromatic carbocycles. The Morgan fingerprint density at radius 3 is 2.28 bits per heavy atom. The summed E-state index contributed by atoms with van der Waals surface area (Å²) in [7, 11) is 0. The van der Waals surface area contributed by atoms with Gasteiger partial charge in [0.1, 0.15) is 11.9 Å². The van der Waals surface area contributed by atoms with Crippen LogP contribution in [0.2, 0.25) is 0 Å². The van der Waals surface area contributed by atoms with E-state index in [-0.39, 0.29) is 17.6 Å². The lowest BCUT2D eigenvalue weighted by Gasteiger charge is -2.22. The number of amides is 3. The number of carbonyl (C=O) groups is 2. The van der Waals surface area contributed by atoms with Crippen molar-refractivity contribution in [2.45, 2.75) is 26.8 Å². The Hall–Kier alpha value is -2.89. The van der Waals surface area contributed by atoms with E-state index in [0.29, 0.717) is 16.9 Å². The molecule has 0 aliphatic heterocycles. The molecular weight excluding hydrogens is 321 g/mol. The van der Waals surface area contributed by atoms with Crippen LogP contribution in [0.15, 0.2) is 48.5 Å². The summed E-state index contributed by atoms with van der Waals surface area (Å²) in [4.78, 5) is 24.7. The van der Waals surface area contributed by atoms with E-state index in [4.69, 9.17) is 0 Å². The minimum atomic E-state index is -0.729. The molecule has 0 unspecified atom stereocenters. The molecule has 0 aliphatic rings. The highest BCUT2D eigenvalue weighted by Crippen LogP contribution is 2.17. The second kappa shape index (κ2) is 8.28. The SMILES string of the molecule is Cc1cc(F)ccc1NC(=O)[C@@H](NC(=O)Nc1ccccc1)C(C)C. The number of anilines is 2. The van der Waals surface area contributed by atoms with E-state index in [2.05, 4.69) is 16.0 Å². The monoisotopic (exact) mass is 343 g/mol. The Kier molecular flexibility index (Phi) is 6.11. The van der Waals surface area contributed by atoms with E-state index in [9.17, 15) is 14.0 Å². The van der Waals surface area contributed by atoms with Crippen molar-refractivity contribution < 1.29 is 14.0 Å². The van der Waals surface area contributed by atoms with Crippen molar-refractivity contribution in [3.8, 4) is 0 Å². The molecule has 0 bridgehead atoms. The Morgan fingerprint density at radius 1 is 1.00 bits per heavy atom. The number of nitrogens with one attached hydrogen (secondary N) is 3. The van der Waals surface area contributed by atoms with Crippen LogP contribution in [0.3, 0.4) is 0 Å². The maximum atomic E-state index is 13.2. The second-order valence-corrected chi connectivity index (χ2v) is 6.13. The minimum Gasteiger partial charge on any atom is -0.326 e. The maximum Gasteiger partial charge on any atom is 0.319 e. The van der Waals surface area contributed by atoms with E-state index >= 15 is 0 Å². The number of urea groups is 1. The number of rotatable bonds is 5. The molecule has 2 rings (SSSR count). The molecule has 1 atom stereocenters. The van der Waals surface area contributed by atoms with Crippen molar-refractivity contribution in [2.24, 2.45) is 5.92 Å². The zero-order valence-electron chi connectivity index (χ0n) is 14.5. The summed E-state index contributed by atoms with van der Waals surface area (Å²) in [6, 6.07) is 11.9. The molecule has 0 spiro atoms. The molecule has 3 amide bonds. The van der Waals surface area contributed by atoms with Gasteiger partial charge in [0, 0.05) is 11.4 Å². The first kappa shape index (κ1) is 18.4. The quantitative estimate of drug-likeness (QED) is 0.770. The van der Waals surface area contributed by atoms with Crippen LogP contribution in [0.4, 0.5) is 20.6 Å². The van der Waals surface area contributed by atoms with Crippen LogP contribution in [-0.4, -0.2) is 18.0 Å². The predicted molar refractivity (Wildman–Crippen MR) is 97.0 cm³/mol. The summed E-state index contributed by atoms with van der Waals surface area (Å²) < 4.78 is 13.2. The van der Waals surface area contributed by atoms with E-state index in [1.165, 1.54) is 18.2 Å². The zero-order valence-corrected chi connectivity index (χ0v) is 14.5. The number of halogens is 1. The lowest BCUT2D eigenvalue weighted by molar-refractivity contribution is -0.118. The van der Waals surface area contributed by atoms with Gasteiger partial charge in [-0.15, -0.1) is 0 Å². The third kappa shape index (κ3) is 5.31. The number of benzene rings is 2. The molecule has 3 N–H and O–H groups in total. The van der Waals surface area contributed by atoms with Gasteiger partial charge in [0.25, 0.3) is 0 Å². The third-order valence-electron chi connectivity index (χ3n) is 3.71. The fourth-order valence-electron chi connectivity index (χ4n) is 2.34. The first-order valence-electron chi connectivity index (χ1n) is 8.06. The average molecular weight is 343 g/mol. The van der Waals surface area contributed by atoms with Gasteiger partial charge in [-0.25, -0.2) is 9.18 Å². The lowest BCUT2D eigenvalue weighted by Crippen LogP contribution is -2.48. The third-order valence-corrected chi connectivity index (χ3v) is 3.71. The Bertz CT molecular complexity index is 748. The number of hydrogen-bond donors (Lipinski definition) is 3. The van der Waals surface area contributed by atoms with Gasteiger partial charge in [-0.3, -0.25) is 4.79 Å². The van der Waals surface area contributed by atoms with E-state index in [1.807, 2.05) is 19.9 Å². The van der Waals surface area contributed by atoms with Gasteiger partial charge in [0.2, 0.25) is 5.91 Å². The highest BCUT2D eigenvalue weighted by molar-refractivity contribution is 5.99. The summed E-state index contributed by atoms with van der Waals surface area (Å²) >= 11 is 0. The summed E-state index contributed by atoms with van der Waals surface area (Å²) in [6.07, 6.45) is 0. The van der Waals surface area contributed by atoms with Crippen molar-refractivity contribution in [1.82, 2.24) is 5.32 Å². The molecule has 0 heterocycles. The fourth-order valence-corrected chi connectivity index (χ4v) is 2.34. The minimum absolute atomic E-state index is 0.123. The molecule has 0 aliphatic carbocycles. The van der Waals surface area contributed by atoms with Crippen LogP contribution in [0, 0.1) is 18.7 Å². The number of hydrogen-bond acceptors (Lipinski definition) is 2. The van der Waals surface area contributed by atoms with Crippen molar-refractivity contribution >= 4 is 23.3 Å². The molecule has 0 radical (unpaired) electrons. The van der Waals surface area contributed by atoms with Gasteiger partial charge < -0.3 is 16.0 Å². The molecule has 0 fully saturated rings. The Labute approximate surface area is 146 Å². The van der Waals surface area contributed by atoms with Crippen molar-refractivity contribution in [1.29, 1.82) is 0 Å². The zero-order chi connectivity index (χ0) is 18.4. The molecule has 0 saturated heterocycles. The van der Waals surface area contributed by atoms with Crippen LogP contribution in [0.5, 0.6) is 0 Å². The molecule has 5 nitrogen and oxygen atoms in total. The largest absolute Gasteiger partial charge is 0.326 e. The highest BCUT2D eigenvalue weighted by atomic mass is 19.1. The average Bonchev–Trinajstić information content (AvgIpc) is 2.55. The van der Waals surface area contributed by atoms with Gasteiger partial charge in [0.05, 0.1) is 0 Å². The first-order chi connectivity index (χ1) is 11.9. The molecule has 0 saturated carbocycles. The van der Waals surface area contributed by atoms with Crippen molar-refractivity contribution in [3.05, 3.63) is 59.9 Å². The van der Waals surface area contributed by atoms with Crippen LogP contribution >= 0.6 is 0 Å². The Morgan fingerprint density at radius 2 is 1.68 bits per heavy atom. The molecular formula is C19H22FN3O2. The Balaban J connectivity index is 2.03. The second-order valence-electron chi connectivity index (χ2n) is 6.13. The standard InChI is InChI=1S/C19H22FN3O2/c1-12(2)17(23-19(25)21-15-7-5-4-6-8-15)18(24)22-16-10-9-14(20)11-13(16)3/h4-12,17H,1-3H3,(H,22,24)(H2,21,23,25)/t17-/m0/s1. The summed E-state index contributed by atoms with van der Waals surface area (Å²) in [5.74, 6) is -0.841. The number of para-hydroxylation sites is 1. The van der Waals surface area contributed by atoms with Crippen LogP contribution in [-0.2, 0) is 4.79 Å². The van der Waals surface area contributed by atoms with Crippen LogP contribution in [0.25, 0.3) is 0 Å². The topological polar surface area (TPSA) is 70.2 Å². The van der Waals surface area contributed by atoms with Gasteiger partial charge in [-0.1, -0.05) is 32.0 Å². The number of carbonyl (C=O) groups excluding carboxylic acids is 2. The fraction of sp³-hybridized carbons (Fsp3) is 0.263. The van der Waals surface area contributed by atoms with Gasteiger partial charge in [0.15, 0.2) is 0 Å². The summed E-state index contributed by atoms with van der Waals surface area (Å²) in [5, 5.41) is 8.10. The molecule has 2 aromatic rings. The van der Waals surface area contributed by atoms with Gasteiger partial charge >= 0.3 is 6.03 Å². The van der Waals surface area contributed by atoms with Crippen molar-refractivity contribution in [3.63, 3.8) is 0 Å². The molecule has 6 heteroatoms.